The second-order valence-corrected chi connectivity index (χ2v) is 5.75. The van der Waals surface area contributed by atoms with Crippen molar-refractivity contribution in [2.45, 2.75) is 26.3 Å². The average molecular weight is 329 g/mol. The molecule has 3 rings (SSSR count). The number of rotatable bonds is 4. The third kappa shape index (κ3) is 3.35. The van der Waals surface area contributed by atoms with E-state index in [0.717, 1.165) is 23.3 Å². The van der Waals surface area contributed by atoms with Crippen LogP contribution in [-0.2, 0) is 6.42 Å². The number of benzene rings is 2. The zero-order valence-electron chi connectivity index (χ0n) is 13.8. The molecule has 4 nitrogen and oxygen atoms in total. The Labute approximate surface area is 140 Å². The van der Waals surface area contributed by atoms with E-state index in [1.54, 1.807) is 0 Å². The second-order valence-electron chi connectivity index (χ2n) is 5.75. The van der Waals surface area contributed by atoms with Crippen molar-refractivity contribution in [3.8, 4) is 11.5 Å². The Bertz CT molecular complexity index is 743. The Morgan fingerprint density at radius 2 is 1.79 bits per heavy atom. The average Bonchev–Trinajstić information content (AvgIpc) is 2.61. The van der Waals surface area contributed by atoms with Gasteiger partial charge in [-0.1, -0.05) is 6.92 Å². The topological polar surface area (TPSA) is 47.6 Å². The van der Waals surface area contributed by atoms with Crippen LogP contribution in [0.15, 0.2) is 36.4 Å². The van der Waals surface area contributed by atoms with Gasteiger partial charge >= 0.3 is 0 Å². The third-order valence-electron chi connectivity index (χ3n) is 4.11. The molecule has 0 bridgehead atoms. The van der Waals surface area contributed by atoms with E-state index in [1.165, 1.54) is 24.3 Å². The van der Waals surface area contributed by atoms with Gasteiger partial charge in [0.2, 0.25) is 0 Å². The van der Waals surface area contributed by atoms with Crippen LogP contribution in [0.5, 0.6) is 11.5 Å². The van der Waals surface area contributed by atoms with Crippen LogP contribution in [0.25, 0.3) is 0 Å². The Kier molecular flexibility index (Phi) is 4.69. The summed E-state index contributed by atoms with van der Waals surface area (Å²) in [6.07, 6.45) is 0.822. The molecule has 0 fully saturated rings. The summed E-state index contributed by atoms with van der Waals surface area (Å²) in [5, 5.41) is 2.96. The van der Waals surface area contributed by atoms with E-state index in [1.807, 2.05) is 19.1 Å². The van der Waals surface area contributed by atoms with Gasteiger partial charge in [-0.25, -0.2) is 4.39 Å². The van der Waals surface area contributed by atoms with Gasteiger partial charge in [0.25, 0.3) is 5.91 Å². The molecule has 1 aliphatic rings. The van der Waals surface area contributed by atoms with Crippen LogP contribution in [0.4, 0.5) is 4.39 Å². The summed E-state index contributed by atoms with van der Waals surface area (Å²) in [4.78, 5) is 12.3. The highest BCUT2D eigenvalue weighted by atomic mass is 19.1. The zero-order valence-corrected chi connectivity index (χ0v) is 13.8. The van der Waals surface area contributed by atoms with E-state index in [-0.39, 0.29) is 17.8 Å². The number of halogens is 1. The van der Waals surface area contributed by atoms with E-state index in [2.05, 4.69) is 12.2 Å². The van der Waals surface area contributed by atoms with Crippen LogP contribution in [0.2, 0.25) is 0 Å². The number of fused-ring (bicyclic) bond motifs is 1. The molecule has 1 heterocycles. The van der Waals surface area contributed by atoms with Gasteiger partial charge in [0, 0.05) is 5.56 Å². The minimum Gasteiger partial charge on any atom is -0.486 e. The van der Waals surface area contributed by atoms with Gasteiger partial charge < -0.3 is 14.8 Å². The molecule has 0 saturated heterocycles. The molecule has 0 aromatic heterocycles. The summed E-state index contributed by atoms with van der Waals surface area (Å²) < 4.78 is 24.2. The standard InChI is InChI=1S/C19H20FNO3/c1-3-13-10-17-18(24-9-8-23-17)11-16(13)12(2)21-19(22)14-4-6-15(20)7-5-14/h4-7,10-12H,3,8-9H2,1-2H3,(H,21,22). The van der Waals surface area contributed by atoms with Gasteiger partial charge in [0.1, 0.15) is 19.0 Å². The first-order chi connectivity index (χ1) is 11.6. The summed E-state index contributed by atoms with van der Waals surface area (Å²) in [6, 6.07) is 9.22. The molecular weight excluding hydrogens is 309 g/mol. The van der Waals surface area contributed by atoms with E-state index >= 15 is 0 Å². The number of ether oxygens (including phenoxy) is 2. The lowest BCUT2D eigenvalue weighted by atomic mass is 9.98. The van der Waals surface area contributed by atoms with Crippen LogP contribution in [0, 0.1) is 5.82 Å². The summed E-state index contributed by atoms with van der Waals surface area (Å²) >= 11 is 0. The maximum absolute atomic E-state index is 13.0. The number of amides is 1. The van der Waals surface area contributed by atoms with Gasteiger partial charge in [-0.2, -0.15) is 0 Å². The fourth-order valence-corrected chi connectivity index (χ4v) is 2.81. The molecule has 0 radical (unpaired) electrons. The summed E-state index contributed by atoms with van der Waals surface area (Å²) in [5.41, 5.74) is 2.53. The molecule has 1 aliphatic heterocycles. The summed E-state index contributed by atoms with van der Waals surface area (Å²) in [7, 11) is 0. The third-order valence-corrected chi connectivity index (χ3v) is 4.11. The van der Waals surface area contributed by atoms with Crippen LogP contribution < -0.4 is 14.8 Å². The van der Waals surface area contributed by atoms with Crippen LogP contribution in [0.1, 0.15) is 41.4 Å². The van der Waals surface area contributed by atoms with Crippen LogP contribution in [-0.4, -0.2) is 19.1 Å². The number of hydrogen-bond acceptors (Lipinski definition) is 3. The van der Waals surface area contributed by atoms with Crippen molar-refractivity contribution in [3.63, 3.8) is 0 Å². The van der Waals surface area contributed by atoms with Gasteiger partial charge in [0.15, 0.2) is 11.5 Å². The molecule has 0 spiro atoms. The van der Waals surface area contributed by atoms with Gasteiger partial charge in [0.05, 0.1) is 6.04 Å². The smallest absolute Gasteiger partial charge is 0.251 e. The van der Waals surface area contributed by atoms with E-state index in [0.29, 0.717) is 24.5 Å². The fraction of sp³-hybridized carbons (Fsp3) is 0.316. The van der Waals surface area contributed by atoms with E-state index in [9.17, 15) is 9.18 Å². The highest BCUT2D eigenvalue weighted by Gasteiger charge is 2.20. The van der Waals surface area contributed by atoms with Gasteiger partial charge in [-0.15, -0.1) is 0 Å². The molecular formula is C19H20FNO3. The monoisotopic (exact) mass is 329 g/mol. The van der Waals surface area contributed by atoms with E-state index < -0.39 is 0 Å². The zero-order chi connectivity index (χ0) is 17.1. The first-order valence-electron chi connectivity index (χ1n) is 8.07. The first kappa shape index (κ1) is 16.3. The number of carbonyl (C=O) groups is 1. The van der Waals surface area contributed by atoms with Crippen molar-refractivity contribution >= 4 is 5.91 Å². The lowest BCUT2D eigenvalue weighted by Crippen LogP contribution is -2.27. The molecule has 2 aromatic carbocycles. The van der Waals surface area contributed by atoms with Gasteiger partial charge in [-0.3, -0.25) is 4.79 Å². The predicted molar refractivity (Wildman–Crippen MR) is 89.1 cm³/mol. The lowest BCUT2D eigenvalue weighted by Gasteiger charge is -2.23. The Hall–Kier alpha value is -2.56. The molecule has 2 aromatic rings. The van der Waals surface area contributed by atoms with Crippen molar-refractivity contribution in [2.24, 2.45) is 0 Å². The first-order valence-corrected chi connectivity index (χ1v) is 8.07. The fourth-order valence-electron chi connectivity index (χ4n) is 2.81. The summed E-state index contributed by atoms with van der Waals surface area (Å²) in [5.74, 6) is 0.856. The maximum Gasteiger partial charge on any atom is 0.251 e. The van der Waals surface area contributed by atoms with Crippen molar-refractivity contribution in [1.82, 2.24) is 5.32 Å². The van der Waals surface area contributed by atoms with Crippen LogP contribution >= 0.6 is 0 Å². The molecule has 1 N–H and O–H groups in total. The van der Waals surface area contributed by atoms with Crippen molar-refractivity contribution in [1.29, 1.82) is 0 Å². The molecule has 1 atom stereocenters. The molecule has 0 saturated carbocycles. The highest BCUT2D eigenvalue weighted by molar-refractivity contribution is 5.94. The maximum atomic E-state index is 13.0. The van der Waals surface area contributed by atoms with Crippen LogP contribution in [0.3, 0.4) is 0 Å². The van der Waals surface area contributed by atoms with Crippen molar-refractivity contribution in [2.75, 3.05) is 13.2 Å². The number of aryl methyl sites for hydroxylation is 1. The number of carbonyl (C=O) groups excluding carboxylic acids is 1. The SMILES string of the molecule is CCc1cc2c(cc1C(C)NC(=O)c1ccc(F)cc1)OCCO2. The summed E-state index contributed by atoms with van der Waals surface area (Å²) in [6.45, 7) is 5.05. The Morgan fingerprint density at radius 1 is 1.17 bits per heavy atom. The molecule has 0 aliphatic carbocycles. The normalized spacial score (nSPS) is 14.1. The molecule has 5 heteroatoms. The predicted octanol–water partition coefficient (Wildman–Crippen LogP) is 3.65. The number of hydrogen-bond donors (Lipinski definition) is 1. The molecule has 126 valence electrons. The Morgan fingerprint density at radius 3 is 2.42 bits per heavy atom. The molecule has 24 heavy (non-hydrogen) atoms. The molecule has 1 unspecified atom stereocenters. The van der Waals surface area contributed by atoms with E-state index in [4.69, 9.17) is 9.47 Å². The second kappa shape index (κ2) is 6.91. The minimum absolute atomic E-state index is 0.201. The molecule has 1 amide bonds. The van der Waals surface area contributed by atoms with Crippen molar-refractivity contribution < 1.29 is 18.7 Å². The van der Waals surface area contributed by atoms with Crippen molar-refractivity contribution in [3.05, 3.63) is 58.9 Å². The highest BCUT2D eigenvalue weighted by Crippen LogP contribution is 2.35. The quantitative estimate of drug-likeness (QED) is 0.931. The largest absolute Gasteiger partial charge is 0.486 e. The van der Waals surface area contributed by atoms with Gasteiger partial charge in [-0.05, 0) is 60.9 Å². The Balaban J connectivity index is 1.82. The number of nitrogens with one attached hydrogen (secondary N) is 1. The lowest BCUT2D eigenvalue weighted by molar-refractivity contribution is 0.0939. The minimum atomic E-state index is -0.361.